The molecular weight excluding hydrogens is 436 g/mol. The van der Waals surface area contributed by atoms with Gasteiger partial charge >= 0.3 is 5.97 Å². The molecule has 1 N–H and O–H groups in total. The van der Waals surface area contributed by atoms with E-state index in [0.717, 1.165) is 16.7 Å². The summed E-state index contributed by atoms with van der Waals surface area (Å²) >= 11 is 0.718. The average Bonchev–Trinajstić information content (AvgIpc) is 3.02. The number of para-hydroxylation sites is 1. The molecule has 10 heteroatoms. The van der Waals surface area contributed by atoms with E-state index < -0.39 is 29.6 Å². The molecule has 3 rings (SSSR count). The van der Waals surface area contributed by atoms with Crippen molar-refractivity contribution in [2.24, 2.45) is 0 Å². The molecule has 1 aliphatic heterocycles. The van der Waals surface area contributed by atoms with E-state index in [2.05, 4.69) is 5.32 Å². The minimum atomic E-state index is -0.592. The number of methoxy groups -OCH3 is 2. The molecule has 0 aromatic heterocycles. The lowest BCUT2D eigenvalue weighted by Gasteiger charge is -2.13. The van der Waals surface area contributed by atoms with Crippen LogP contribution in [0.4, 0.5) is 10.5 Å². The van der Waals surface area contributed by atoms with Crippen LogP contribution in [0.3, 0.4) is 0 Å². The molecule has 0 atom stereocenters. The van der Waals surface area contributed by atoms with Crippen LogP contribution in [0.2, 0.25) is 0 Å². The molecule has 2 aromatic carbocycles. The standard InChI is InChI=1S/C22H20N2O7S/c1-13(25)31-20-16(29-2)9-14(10-17(20)30-3)11-18-21(27)24(22(28)32-18)12-19(26)23-15-7-5-4-6-8-15/h4-11H,12H2,1-3H3,(H,23,26)/b18-11-. The average molecular weight is 456 g/mol. The minimum absolute atomic E-state index is 0.102. The highest BCUT2D eigenvalue weighted by atomic mass is 32.2. The highest BCUT2D eigenvalue weighted by Gasteiger charge is 2.36. The molecule has 166 valence electrons. The van der Waals surface area contributed by atoms with Gasteiger partial charge in [-0.1, -0.05) is 18.2 Å². The monoisotopic (exact) mass is 456 g/mol. The van der Waals surface area contributed by atoms with E-state index in [1.807, 2.05) is 0 Å². The van der Waals surface area contributed by atoms with Crippen molar-refractivity contribution in [1.29, 1.82) is 0 Å². The van der Waals surface area contributed by atoms with Gasteiger partial charge in [0.25, 0.3) is 11.1 Å². The van der Waals surface area contributed by atoms with Crippen LogP contribution in [0.1, 0.15) is 12.5 Å². The number of ether oxygens (including phenoxy) is 3. The van der Waals surface area contributed by atoms with Crippen molar-refractivity contribution in [3.8, 4) is 17.2 Å². The van der Waals surface area contributed by atoms with E-state index in [-0.39, 0.29) is 22.2 Å². The van der Waals surface area contributed by atoms with E-state index in [1.54, 1.807) is 30.3 Å². The number of carbonyl (C=O) groups excluding carboxylic acids is 4. The van der Waals surface area contributed by atoms with Crippen LogP contribution in [0.5, 0.6) is 17.2 Å². The summed E-state index contributed by atoms with van der Waals surface area (Å²) in [5.41, 5.74) is 1.04. The number of amides is 3. The summed E-state index contributed by atoms with van der Waals surface area (Å²) in [5, 5.41) is 2.08. The van der Waals surface area contributed by atoms with Crippen LogP contribution in [0, 0.1) is 0 Å². The maximum absolute atomic E-state index is 12.7. The van der Waals surface area contributed by atoms with Gasteiger partial charge in [-0.25, -0.2) is 0 Å². The normalized spacial score (nSPS) is 14.5. The lowest BCUT2D eigenvalue weighted by molar-refractivity contribution is -0.132. The number of imide groups is 1. The van der Waals surface area contributed by atoms with Gasteiger partial charge in [0, 0.05) is 12.6 Å². The zero-order valence-electron chi connectivity index (χ0n) is 17.5. The number of esters is 1. The molecule has 1 saturated heterocycles. The van der Waals surface area contributed by atoms with E-state index >= 15 is 0 Å². The summed E-state index contributed by atoms with van der Waals surface area (Å²) in [4.78, 5) is 49.7. The molecule has 1 heterocycles. The van der Waals surface area contributed by atoms with Gasteiger partial charge in [-0.15, -0.1) is 0 Å². The Balaban J connectivity index is 1.80. The van der Waals surface area contributed by atoms with Crippen molar-refractivity contribution in [1.82, 2.24) is 4.90 Å². The molecule has 0 unspecified atom stereocenters. The maximum atomic E-state index is 12.7. The fraction of sp³-hybridized carbons (Fsp3) is 0.182. The van der Waals surface area contributed by atoms with E-state index in [4.69, 9.17) is 14.2 Å². The predicted octanol–water partition coefficient (Wildman–Crippen LogP) is 3.30. The summed E-state index contributed by atoms with van der Waals surface area (Å²) in [5.74, 6) is -1.10. The van der Waals surface area contributed by atoms with Crippen LogP contribution >= 0.6 is 11.8 Å². The van der Waals surface area contributed by atoms with Gasteiger partial charge < -0.3 is 19.5 Å². The highest BCUT2D eigenvalue weighted by Crippen LogP contribution is 2.40. The van der Waals surface area contributed by atoms with Crippen molar-refractivity contribution >= 4 is 46.5 Å². The molecule has 0 aliphatic carbocycles. The number of rotatable bonds is 7. The molecular formula is C22H20N2O7S. The quantitative estimate of drug-likeness (QED) is 0.384. The predicted molar refractivity (Wildman–Crippen MR) is 119 cm³/mol. The molecule has 0 saturated carbocycles. The third kappa shape index (κ3) is 5.27. The number of hydrogen-bond acceptors (Lipinski definition) is 8. The third-order valence-electron chi connectivity index (χ3n) is 4.26. The molecule has 32 heavy (non-hydrogen) atoms. The van der Waals surface area contributed by atoms with E-state index in [1.165, 1.54) is 39.4 Å². The summed E-state index contributed by atoms with van der Waals surface area (Å²) in [6, 6.07) is 11.8. The van der Waals surface area contributed by atoms with Crippen molar-refractivity contribution in [2.45, 2.75) is 6.92 Å². The van der Waals surface area contributed by atoms with Gasteiger partial charge in [0.2, 0.25) is 11.7 Å². The second-order valence-electron chi connectivity index (χ2n) is 6.53. The zero-order valence-corrected chi connectivity index (χ0v) is 18.4. The Kier molecular flexibility index (Phi) is 7.16. The summed E-state index contributed by atoms with van der Waals surface area (Å²) < 4.78 is 15.7. The zero-order chi connectivity index (χ0) is 23.3. The summed E-state index contributed by atoms with van der Waals surface area (Å²) in [7, 11) is 2.79. The first-order valence-corrected chi connectivity index (χ1v) is 10.2. The van der Waals surface area contributed by atoms with E-state index in [0.29, 0.717) is 11.3 Å². The van der Waals surface area contributed by atoms with Crippen LogP contribution in [0.15, 0.2) is 47.4 Å². The smallest absolute Gasteiger partial charge is 0.308 e. The fourth-order valence-corrected chi connectivity index (χ4v) is 3.72. The van der Waals surface area contributed by atoms with Crippen molar-refractivity contribution < 1.29 is 33.4 Å². The Morgan fingerprint density at radius 2 is 1.69 bits per heavy atom. The van der Waals surface area contributed by atoms with Gasteiger partial charge in [0.15, 0.2) is 11.5 Å². The Labute approximate surface area is 188 Å². The SMILES string of the molecule is COc1cc(/C=C2\SC(=O)N(CC(=O)Nc3ccccc3)C2=O)cc(OC)c1OC(C)=O. The topological polar surface area (TPSA) is 111 Å². The Hall–Kier alpha value is -3.79. The largest absolute Gasteiger partial charge is 0.493 e. The van der Waals surface area contributed by atoms with Gasteiger partial charge in [-0.3, -0.25) is 24.1 Å². The molecule has 1 fully saturated rings. The van der Waals surface area contributed by atoms with Crippen molar-refractivity contribution in [3.63, 3.8) is 0 Å². The number of benzene rings is 2. The van der Waals surface area contributed by atoms with Crippen molar-refractivity contribution in [2.75, 3.05) is 26.1 Å². The first-order chi connectivity index (χ1) is 15.3. The highest BCUT2D eigenvalue weighted by molar-refractivity contribution is 8.18. The van der Waals surface area contributed by atoms with Gasteiger partial charge in [-0.05, 0) is 47.7 Å². The fourth-order valence-electron chi connectivity index (χ4n) is 2.88. The number of carbonyl (C=O) groups is 4. The molecule has 2 aromatic rings. The number of hydrogen-bond donors (Lipinski definition) is 1. The Morgan fingerprint density at radius 1 is 1.06 bits per heavy atom. The van der Waals surface area contributed by atoms with Crippen LogP contribution in [-0.4, -0.2) is 48.7 Å². The second kappa shape index (κ2) is 10.0. The van der Waals surface area contributed by atoms with Gasteiger partial charge in [0.05, 0.1) is 19.1 Å². The number of nitrogens with zero attached hydrogens (tertiary/aromatic N) is 1. The third-order valence-corrected chi connectivity index (χ3v) is 5.17. The minimum Gasteiger partial charge on any atom is -0.493 e. The second-order valence-corrected chi connectivity index (χ2v) is 7.52. The van der Waals surface area contributed by atoms with Gasteiger partial charge in [-0.2, -0.15) is 0 Å². The first kappa shape index (κ1) is 22.9. The van der Waals surface area contributed by atoms with Crippen LogP contribution < -0.4 is 19.5 Å². The van der Waals surface area contributed by atoms with Crippen LogP contribution in [-0.2, 0) is 14.4 Å². The first-order valence-electron chi connectivity index (χ1n) is 9.37. The molecule has 1 aliphatic rings. The number of anilines is 1. The number of thioether (sulfide) groups is 1. The summed E-state index contributed by atoms with van der Waals surface area (Å²) in [6.45, 7) is 0.839. The van der Waals surface area contributed by atoms with Crippen molar-refractivity contribution in [3.05, 3.63) is 52.9 Å². The van der Waals surface area contributed by atoms with Crippen LogP contribution in [0.25, 0.3) is 6.08 Å². The lowest BCUT2D eigenvalue weighted by atomic mass is 10.1. The molecule has 0 spiro atoms. The summed E-state index contributed by atoms with van der Waals surface area (Å²) in [6.07, 6.45) is 1.47. The van der Waals surface area contributed by atoms with E-state index in [9.17, 15) is 19.2 Å². The van der Waals surface area contributed by atoms with Gasteiger partial charge in [0.1, 0.15) is 6.54 Å². The maximum Gasteiger partial charge on any atom is 0.308 e. The molecule has 0 radical (unpaired) electrons. The number of nitrogens with one attached hydrogen (secondary N) is 1. The Morgan fingerprint density at radius 3 is 2.25 bits per heavy atom. The molecule has 3 amide bonds. The lowest BCUT2D eigenvalue weighted by Crippen LogP contribution is -2.36. The Bertz CT molecular complexity index is 1070. The molecule has 0 bridgehead atoms. The molecule has 9 nitrogen and oxygen atoms in total.